The molecule has 3 aromatic rings. The zero-order chi connectivity index (χ0) is 30.2. The number of halogens is 3. The number of anilines is 1. The molecular formula is C32H38F3N5O3. The van der Waals surface area contributed by atoms with Crippen LogP contribution in [0.15, 0.2) is 48.7 Å². The van der Waals surface area contributed by atoms with Gasteiger partial charge >= 0.3 is 6.18 Å². The number of aromatic nitrogens is 2. The van der Waals surface area contributed by atoms with E-state index in [-0.39, 0.29) is 29.0 Å². The third kappa shape index (κ3) is 5.65. The van der Waals surface area contributed by atoms with Crippen molar-refractivity contribution < 1.29 is 27.4 Å². The predicted octanol–water partition coefficient (Wildman–Crippen LogP) is 5.04. The molecule has 0 amide bonds. The molecule has 0 radical (unpaired) electrons. The summed E-state index contributed by atoms with van der Waals surface area (Å²) in [6, 6.07) is 12.8. The number of hydrogen-bond acceptors (Lipinski definition) is 8. The summed E-state index contributed by atoms with van der Waals surface area (Å²) >= 11 is 0. The molecule has 43 heavy (non-hydrogen) atoms. The number of nitrogens with zero attached hydrogens (tertiary/aromatic N) is 4. The number of alkyl halides is 3. The highest BCUT2D eigenvalue weighted by molar-refractivity contribution is 5.66. The van der Waals surface area contributed by atoms with Gasteiger partial charge in [-0.3, -0.25) is 9.88 Å². The van der Waals surface area contributed by atoms with E-state index in [2.05, 4.69) is 16.0 Å². The quantitative estimate of drug-likeness (QED) is 0.406. The fourth-order valence-electron chi connectivity index (χ4n) is 7.02. The van der Waals surface area contributed by atoms with E-state index in [1.807, 2.05) is 30.0 Å². The summed E-state index contributed by atoms with van der Waals surface area (Å²) in [5.74, 6) is 0.385. The number of methoxy groups -OCH3 is 1. The van der Waals surface area contributed by atoms with Gasteiger partial charge in [0.15, 0.2) is 0 Å². The highest BCUT2D eigenvalue weighted by atomic mass is 19.4. The van der Waals surface area contributed by atoms with Crippen LogP contribution in [-0.4, -0.2) is 73.5 Å². The second-order valence-electron chi connectivity index (χ2n) is 11.6. The van der Waals surface area contributed by atoms with Crippen LogP contribution in [0.4, 0.5) is 18.9 Å². The molecule has 2 saturated heterocycles. The molecule has 1 spiro atoms. The van der Waals surface area contributed by atoms with Crippen molar-refractivity contribution in [3.63, 3.8) is 0 Å². The summed E-state index contributed by atoms with van der Waals surface area (Å²) in [6.07, 6.45) is -0.558. The largest absolute Gasteiger partial charge is 0.496 e. The van der Waals surface area contributed by atoms with Crippen molar-refractivity contribution in [2.24, 2.45) is 5.73 Å². The van der Waals surface area contributed by atoms with Gasteiger partial charge in [-0.1, -0.05) is 12.1 Å². The van der Waals surface area contributed by atoms with E-state index in [0.717, 1.165) is 29.9 Å². The zero-order valence-corrected chi connectivity index (χ0v) is 24.6. The zero-order valence-electron chi connectivity index (χ0n) is 24.6. The fourth-order valence-corrected chi connectivity index (χ4v) is 7.02. The van der Waals surface area contributed by atoms with Crippen LogP contribution in [0.5, 0.6) is 11.6 Å². The Labute approximate surface area is 250 Å². The van der Waals surface area contributed by atoms with Crippen molar-refractivity contribution in [2.75, 3.05) is 51.4 Å². The van der Waals surface area contributed by atoms with Crippen molar-refractivity contribution >= 4 is 5.69 Å². The second kappa shape index (κ2) is 11.9. The molecule has 3 aliphatic heterocycles. The van der Waals surface area contributed by atoms with Gasteiger partial charge in [0.2, 0.25) is 5.88 Å². The first kappa shape index (κ1) is 29.7. The van der Waals surface area contributed by atoms with Crippen LogP contribution < -0.4 is 20.1 Å². The van der Waals surface area contributed by atoms with Gasteiger partial charge in [-0.2, -0.15) is 13.2 Å². The molecule has 8 nitrogen and oxygen atoms in total. The van der Waals surface area contributed by atoms with Gasteiger partial charge in [0, 0.05) is 50.4 Å². The normalized spacial score (nSPS) is 22.0. The van der Waals surface area contributed by atoms with Crippen LogP contribution >= 0.6 is 0 Å². The first-order chi connectivity index (χ1) is 20.8. The highest BCUT2D eigenvalue weighted by Gasteiger charge is 2.47. The van der Waals surface area contributed by atoms with Gasteiger partial charge in [-0.05, 0) is 62.1 Å². The van der Waals surface area contributed by atoms with Crippen LogP contribution in [0.3, 0.4) is 0 Å². The van der Waals surface area contributed by atoms with E-state index in [1.165, 1.54) is 18.7 Å². The Morgan fingerprint density at radius 1 is 1.12 bits per heavy atom. The van der Waals surface area contributed by atoms with E-state index in [4.69, 9.17) is 24.9 Å². The smallest absolute Gasteiger partial charge is 0.421 e. The number of fused-ring (bicyclic) bond motifs is 2. The number of rotatable bonds is 7. The lowest BCUT2D eigenvalue weighted by molar-refractivity contribution is -0.138. The third-order valence-corrected chi connectivity index (χ3v) is 9.14. The molecule has 0 unspecified atom stereocenters. The molecule has 2 aromatic heterocycles. The van der Waals surface area contributed by atoms with Crippen LogP contribution in [-0.2, 0) is 22.9 Å². The standard InChI is InChI=1S/C32H38F3N5O3/c1-3-42-30-23(6-5-13-37-30)25-10-9-24-26(38-25)18-40(21-16-22(17-36)43-19-21)20-31(24)11-14-39(15-12-31)27-7-4-8-28(41-2)29(27)32(33,34)35/h4-10,13,21-22H,3,11-12,14-20,36H2,1-2H3/t21-,22+/m0/s1. The van der Waals surface area contributed by atoms with E-state index in [0.29, 0.717) is 58.1 Å². The Morgan fingerprint density at radius 3 is 2.63 bits per heavy atom. The Hall–Kier alpha value is -3.41. The van der Waals surface area contributed by atoms with Crippen molar-refractivity contribution in [3.8, 4) is 22.9 Å². The Kier molecular flexibility index (Phi) is 8.23. The Morgan fingerprint density at radius 2 is 1.93 bits per heavy atom. The molecule has 2 fully saturated rings. The van der Waals surface area contributed by atoms with E-state index in [1.54, 1.807) is 18.3 Å². The summed E-state index contributed by atoms with van der Waals surface area (Å²) in [5.41, 5.74) is 8.89. The molecule has 11 heteroatoms. The molecule has 5 heterocycles. The summed E-state index contributed by atoms with van der Waals surface area (Å²) in [4.78, 5) is 13.9. The predicted molar refractivity (Wildman–Crippen MR) is 157 cm³/mol. The van der Waals surface area contributed by atoms with Crippen molar-refractivity contribution in [3.05, 3.63) is 65.5 Å². The van der Waals surface area contributed by atoms with Crippen molar-refractivity contribution in [1.82, 2.24) is 14.9 Å². The van der Waals surface area contributed by atoms with Gasteiger partial charge < -0.3 is 24.8 Å². The van der Waals surface area contributed by atoms with Gasteiger partial charge in [0.1, 0.15) is 11.3 Å². The fraction of sp³-hybridized carbons (Fsp3) is 0.500. The highest BCUT2D eigenvalue weighted by Crippen LogP contribution is 2.47. The summed E-state index contributed by atoms with van der Waals surface area (Å²) in [7, 11) is 1.28. The summed E-state index contributed by atoms with van der Waals surface area (Å²) in [5, 5.41) is 0. The average Bonchev–Trinajstić information content (AvgIpc) is 3.50. The van der Waals surface area contributed by atoms with Crippen LogP contribution in [0, 0.1) is 0 Å². The maximum atomic E-state index is 14.2. The topological polar surface area (TPSA) is 86.0 Å². The lowest BCUT2D eigenvalue weighted by atomic mass is 9.69. The SMILES string of the molecule is CCOc1ncccc1-c1ccc2c(n1)CN([C@@H]1CO[C@@H](CN)C1)CC21CCN(c2cccc(OC)c2C(F)(F)F)CC1. The second-order valence-corrected chi connectivity index (χ2v) is 11.6. The molecule has 0 aliphatic carbocycles. The number of piperidine rings is 1. The molecule has 230 valence electrons. The van der Waals surface area contributed by atoms with E-state index in [9.17, 15) is 13.2 Å². The first-order valence-corrected chi connectivity index (χ1v) is 14.9. The van der Waals surface area contributed by atoms with Crippen molar-refractivity contribution in [1.29, 1.82) is 0 Å². The molecule has 0 saturated carbocycles. The molecular weight excluding hydrogens is 559 g/mol. The molecule has 2 N–H and O–H groups in total. The molecule has 2 atom stereocenters. The van der Waals surface area contributed by atoms with E-state index >= 15 is 0 Å². The van der Waals surface area contributed by atoms with Gasteiger partial charge in [0.05, 0.1) is 49.1 Å². The monoisotopic (exact) mass is 597 g/mol. The Balaban J connectivity index is 1.35. The molecule has 1 aromatic carbocycles. The number of pyridine rings is 2. The van der Waals surface area contributed by atoms with Gasteiger partial charge in [0.25, 0.3) is 0 Å². The lowest BCUT2D eigenvalue weighted by Crippen LogP contribution is -2.54. The molecule has 6 rings (SSSR count). The maximum Gasteiger partial charge on any atom is 0.421 e. The third-order valence-electron chi connectivity index (χ3n) is 9.14. The number of nitrogens with two attached hydrogens (primary N) is 1. The summed E-state index contributed by atoms with van der Waals surface area (Å²) in [6.45, 7) is 5.93. The molecule has 3 aliphatic rings. The van der Waals surface area contributed by atoms with Crippen LogP contribution in [0.1, 0.15) is 43.0 Å². The van der Waals surface area contributed by atoms with Crippen LogP contribution in [0.2, 0.25) is 0 Å². The number of hydrogen-bond donors (Lipinski definition) is 1. The first-order valence-electron chi connectivity index (χ1n) is 14.9. The minimum absolute atomic E-state index is 0.0292. The van der Waals surface area contributed by atoms with Crippen LogP contribution in [0.25, 0.3) is 11.3 Å². The average molecular weight is 598 g/mol. The number of benzene rings is 1. The van der Waals surface area contributed by atoms with Gasteiger partial charge in [-0.25, -0.2) is 4.98 Å². The Bertz CT molecular complexity index is 1440. The van der Waals surface area contributed by atoms with Crippen molar-refractivity contribution in [2.45, 2.75) is 56.5 Å². The minimum Gasteiger partial charge on any atom is -0.496 e. The minimum atomic E-state index is -4.53. The number of ether oxygens (including phenoxy) is 3. The molecule has 0 bridgehead atoms. The maximum absolute atomic E-state index is 14.2. The lowest BCUT2D eigenvalue weighted by Gasteiger charge is -2.50. The van der Waals surface area contributed by atoms with Gasteiger partial charge in [-0.15, -0.1) is 0 Å². The summed E-state index contributed by atoms with van der Waals surface area (Å²) < 4.78 is 59.4. The van der Waals surface area contributed by atoms with E-state index < -0.39 is 11.7 Å².